The number of likely N-dealkylation sites (tertiary alicyclic amines) is 1. The van der Waals surface area contributed by atoms with Gasteiger partial charge in [0.05, 0.1) is 18.2 Å². The molecule has 18 heavy (non-hydrogen) atoms. The van der Waals surface area contributed by atoms with Crippen molar-refractivity contribution in [3.05, 3.63) is 0 Å². The Morgan fingerprint density at radius 3 is 2.83 bits per heavy atom. The second-order valence-corrected chi connectivity index (χ2v) is 5.62. The van der Waals surface area contributed by atoms with Crippen LogP contribution in [0.25, 0.3) is 0 Å². The smallest absolute Gasteiger partial charge is 0.248 e. The minimum atomic E-state index is -0.184. The van der Waals surface area contributed by atoms with Gasteiger partial charge in [0.1, 0.15) is 6.61 Å². The van der Waals surface area contributed by atoms with Crippen LogP contribution >= 0.6 is 0 Å². The number of nitrogens with zero attached hydrogens (tertiary/aromatic N) is 1. The fourth-order valence-corrected chi connectivity index (χ4v) is 2.59. The lowest BCUT2D eigenvalue weighted by molar-refractivity contribution is -0.149. The van der Waals surface area contributed by atoms with E-state index in [1.54, 1.807) is 0 Å². The Morgan fingerprint density at radius 1 is 1.44 bits per heavy atom. The van der Waals surface area contributed by atoms with Crippen LogP contribution in [0.15, 0.2) is 0 Å². The number of rotatable bonds is 4. The highest BCUT2D eigenvalue weighted by Gasteiger charge is 2.34. The predicted octanol–water partition coefficient (Wildman–Crippen LogP) is 0.128. The van der Waals surface area contributed by atoms with Crippen LogP contribution in [0.2, 0.25) is 0 Å². The Balaban J connectivity index is 1.85. The average Bonchev–Trinajstić information content (AvgIpc) is 2.58. The normalized spacial score (nSPS) is 27.4. The van der Waals surface area contributed by atoms with Crippen molar-refractivity contribution < 1.29 is 14.6 Å². The highest BCUT2D eigenvalue weighted by Crippen LogP contribution is 2.19. The van der Waals surface area contributed by atoms with Crippen molar-refractivity contribution in [2.75, 3.05) is 32.8 Å². The average molecular weight is 256 g/mol. The molecular weight excluding hydrogens is 232 g/mol. The third-order valence-corrected chi connectivity index (χ3v) is 3.95. The summed E-state index contributed by atoms with van der Waals surface area (Å²) in [6, 6.07) is -0.0177. The van der Waals surface area contributed by atoms with E-state index in [0.29, 0.717) is 0 Å². The number of aliphatic hydroxyl groups is 1. The summed E-state index contributed by atoms with van der Waals surface area (Å²) < 4.78 is 5.68. The molecule has 2 N–H and O–H groups in total. The summed E-state index contributed by atoms with van der Waals surface area (Å²) in [5, 5.41) is 12.5. The van der Waals surface area contributed by atoms with Crippen LogP contribution in [-0.2, 0) is 9.53 Å². The van der Waals surface area contributed by atoms with Gasteiger partial charge in [0.2, 0.25) is 5.91 Å². The number of ether oxygens (including phenoxy) is 1. The lowest BCUT2D eigenvalue weighted by atomic mass is 10.0. The van der Waals surface area contributed by atoms with Crippen LogP contribution in [0.3, 0.4) is 0 Å². The summed E-state index contributed by atoms with van der Waals surface area (Å²) in [4.78, 5) is 14.0. The highest BCUT2D eigenvalue weighted by molar-refractivity contribution is 5.77. The Bertz CT molecular complexity index is 292. The SMILES string of the molecule is CC1(OCC(=O)N2CCCCCC2CO)CNC1. The molecule has 5 nitrogen and oxygen atoms in total. The number of aliphatic hydroxyl groups excluding tert-OH is 1. The van der Waals surface area contributed by atoms with E-state index in [9.17, 15) is 9.90 Å². The molecule has 2 heterocycles. The number of carbonyl (C=O) groups excluding carboxylic acids is 1. The molecule has 2 aliphatic rings. The molecule has 0 radical (unpaired) electrons. The van der Waals surface area contributed by atoms with Gasteiger partial charge in [-0.2, -0.15) is 0 Å². The molecule has 0 aliphatic carbocycles. The molecule has 1 amide bonds. The van der Waals surface area contributed by atoms with Crippen molar-refractivity contribution in [3.8, 4) is 0 Å². The summed E-state index contributed by atoms with van der Waals surface area (Å²) in [6.45, 7) is 4.58. The molecule has 0 spiro atoms. The fourth-order valence-electron chi connectivity index (χ4n) is 2.59. The zero-order valence-corrected chi connectivity index (χ0v) is 11.2. The number of amides is 1. The molecule has 2 aliphatic heterocycles. The van der Waals surface area contributed by atoms with Crippen LogP contribution in [-0.4, -0.2) is 60.4 Å². The largest absolute Gasteiger partial charge is 0.394 e. The molecule has 5 heteroatoms. The summed E-state index contributed by atoms with van der Waals surface area (Å²) in [6.07, 6.45) is 4.17. The van der Waals surface area contributed by atoms with Gasteiger partial charge in [0.15, 0.2) is 0 Å². The summed E-state index contributed by atoms with van der Waals surface area (Å²) in [5.41, 5.74) is -0.184. The predicted molar refractivity (Wildman–Crippen MR) is 68.3 cm³/mol. The lowest BCUT2D eigenvalue weighted by Crippen LogP contribution is -2.60. The molecule has 2 rings (SSSR count). The van der Waals surface area contributed by atoms with Gasteiger partial charge >= 0.3 is 0 Å². The van der Waals surface area contributed by atoms with Crippen molar-refractivity contribution in [2.45, 2.75) is 44.2 Å². The first-order valence-electron chi connectivity index (χ1n) is 6.90. The van der Waals surface area contributed by atoms with E-state index < -0.39 is 0 Å². The maximum atomic E-state index is 12.2. The van der Waals surface area contributed by atoms with Crippen LogP contribution in [0.1, 0.15) is 32.6 Å². The first-order valence-corrected chi connectivity index (χ1v) is 6.90. The minimum Gasteiger partial charge on any atom is -0.394 e. The van der Waals surface area contributed by atoms with E-state index >= 15 is 0 Å². The molecular formula is C13H24N2O3. The van der Waals surface area contributed by atoms with E-state index in [0.717, 1.165) is 45.3 Å². The van der Waals surface area contributed by atoms with Crippen LogP contribution in [0, 0.1) is 0 Å². The molecule has 0 saturated carbocycles. The Labute approximate surface area is 108 Å². The van der Waals surface area contributed by atoms with Gasteiger partial charge in [0.25, 0.3) is 0 Å². The third kappa shape index (κ3) is 3.22. The molecule has 0 bridgehead atoms. The Kier molecular flexibility index (Phi) is 4.59. The zero-order valence-electron chi connectivity index (χ0n) is 11.2. The highest BCUT2D eigenvalue weighted by atomic mass is 16.5. The lowest BCUT2D eigenvalue weighted by Gasteiger charge is -2.39. The van der Waals surface area contributed by atoms with Crippen molar-refractivity contribution in [2.24, 2.45) is 0 Å². The van der Waals surface area contributed by atoms with Gasteiger partial charge in [-0.25, -0.2) is 0 Å². The van der Waals surface area contributed by atoms with Crippen molar-refractivity contribution in [1.29, 1.82) is 0 Å². The van der Waals surface area contributed by atoms with Gasteiger partial charge in [-0.05, 0) is 19.8 Å². The summed E-state index contributed by atoms with van der Waals surface area (Å²) in [5.74, 6) is 0.0177. The molecule has 0 aromatic rings. The zero-order chi connectivity index (χ0) is 13.0. The van der Waals surface area contributed by atoms with E-state index in [-0.39, 0.29) is 30.8 Å². The molecule has 2 fully saturated rings. The van der Waals surface area contributed by atoms with Gasteiger partial charge < -0.3 is 20.1 Å². The topological polar surface area (TPSA) is 61.8 Å². The number of nitrogens with one attached hydrogen (secondary N) is 1. The van der Waals surface area contributed by atoms with Gasteiger partial charge in [-0.1, -0.05) is 12.8 Å². The summed E-state index contributed by atoms with van der Waals surface area (Å²) in [7, 11) is 0. The van der Waals surface area contributed by atoms with Crippen molar-refractivity contribution in [1.82, 2.24) is 10.2 Å². The molecule has 2 saturated heterocycles. The van der Waals surface area contributed by atoms with Crippen LogP contribution in [0.4, 0.5) is 0 Å². The molecule has 1 atom stereocenters. The van der Waals surface area contributed by atoms with E-state index in [4.69, 9.17) is 4.74 Å². The van der Waals surface area contributed by atoms with Gasteiger partial charge in [-0.15, -0.1) is 0 Å². The third-order valence-electron chi connectivity index (χ3n) is 3.95. The Morgan fingerprint density at radius 2 is 2.22 bits per heavy atom. The van der Waals surface area contributed by atoms with Crippen molar-refractivity contribution in [3.63, 3.8) is 0 Å². The standard InChI is InChI=1S/C13H24N2O3/c1-13(9-14-10-13)18-8-12(17)15-6-4-2-3-5-11(15)7-16/h11,14,16H,2-10H2,1H3. The minimum absolute atomic E-state index is 0.0177. The quantitative estimate of drug-likeness (QED) is 0.750. The number of carbonyl (C=O) groups is 1. The first-order chi connectivity index (χ1) is 8.64. The molecule has 0 aromatic heterocycles. The van der Waals surface area contributed by atoms with E-state index in [1.165, 1.54) is 0 Å². The second-order valence-electron chi connectivity index (χ2n) is 5.62. The number of hydrogen-bond acceptors (Lipinski definition) is 4. The fraction of sp³-hybridized carbons (Fsp3) is 0.923. The number of hydrogen-bond donors (Lipinski definition) is 2. The van der Waals surface area contributed by atoms with E-state index in [2.05, 4.69) is 5.32 Å². The van der Waals surface area contributed by atoms with E-state index in [1.807, 2.05) is 11.8 Å². The first kappa shape index (κ1) is 13.8. The molecule has 104 valence electrons. The molecule has 0 aromatic carbocycles. The van der Waals surface area contributed by atoms with Crippen molar-refractivity contribution >= 4 is 5.91 Å². The van der Waals surface area contributed by atoms with Gasteiger partial charge in [-0.3, -0.25) is 4.79 Å². The second kappa shape index (κ2) is 5.99. The summed E-state index contributed by atoms with van der Waals surface area (Å²) >= 11 is 0. The van der Waals surface area contributed by atoms with Gasteiger partial charge in [0, 0.05) is 19.6 Å². The van der Waals surface area contributed by atoms with Crippen LogP contribution in [0.5, 0.6) is 0 Å². The maximum Gasteiger partial charge on any atom is 0.248 e. The monoisotopic (exact) mass is 256 g/mol. The molecule has 1 unspecified atom stereocenters. The van der Waals surface area contributed by atoms with Crippen LogP contribution < -0.4 is 5.32 Å². The maximum absolute atomic E-state index is 12.2. The Hall–Kier alpha value is -0.650.